The molecule has 1 aliphatic rings. The molecular weight excluding hydrogens is 430 g/mol. The minimum Gasteiger partial charge on any atom is -0.467 e. The Kier molecular flexibility index (Phi) is 8.52. The Labute approximate surface area is 183 Å². The lowest BCUT2D eigenvalue weighted by atomic mass is 9.98. The molecule has 1 amide bonds. The molecule has 3 N–H and O–H groups in total. The number of anilines is 1. The van der Waals surface area contributed by atoms with Crippen LogP contribution in [-0.2, 0) is 44.7 Å². The van der Waals surface area contributed by atoms with Crippen LogP contribution in [0, 0.1) is 0 Å². The van der Waals surface area contributed by atoms with Gasteiger partial charge in [0.05, 0.1) is 19.4 Å². The zero-order valence-corrected chi connectivity index (χ0v) is 17.9. The molecule has 1 aromatic rings. The summed E-state index contributed by atoms with van der Waals surface area (Å²) in [6.07, 6.45) is -7.93. The van der Waals surface area contributed by atoms with Crippen LogP contribution in [0.3, 0.4) is 0 Å². The molecule has 1 aliphatic heterocycles. The lowest BCUT2D eigenvalue weighted by molar-refractivity contribution is -0.279. The first-order valence-corrected chi connectivity index (χ1v) is 9.51. The van der Waals surface area contributed by atoms with Crippen LogP contribution in [0.2, 0.25) is 0 Å². The molecular formula is C20H25NO11. The molecule has 12 nitrogen and oxygen atoms in total. The first-order valence-electron chi connectivity index (χ1n) is 9.51. The monoisotopic (exact) mass is 455 g/mol. The van der Waals surface area contributed by atoms with Crippen molar-refractivity contribution in [3.63, 3.8) is 0 Å². The number of ether oxygens (including phenoxy) is 5. The highest BCUT2D eigenvalue weighted by Crippen LogP contribution is 2.33. The third kappa shape index (κ3) is 6.15. The highest BCUT2D eigenvalue weighted by Gasteiger charge is 2.53. The van der Waals surface area contributed by atoms with Crippen molar-refractivity contribution in [1.82, 2.24) is 0 Å². The van der Waals surface area contributed by atoms with Gasteiger partial charge in [0.25, 0.3) is 0 Å². The van der Waals surface area contributed by atoms with Gasteiger partial charge >= 0.3 is 17.9 Å². The van der Waals surface area contributed by atoms with Crippen molar-refractivity contribution < 1.29 is 53.1 Å². The number of benzene rings is 1. The van der Waals surface area contributed by atoms with Crippen molar-refractivity contribution in [2.24, 2.45) is 0 Å². The standard InChI is InChI=1S/C20H25NO11/c1-9(23)21-13-7-12(8-22)5-6-14(13)31-20-18(30-11(3)25)16(29-10(2)24)15(26)17(32-20)19(27)28-4/h5-7,15-18,20,22,26H,8H2,1-4H3,(H,21,23). The van der Waals surface area contributed by atoms with Gasteiger partial charge in [0, 0.05) is 20.8 Å². The van der Waals surface area contributed by atoms with E-state index in [2.05, 4.69) is 10.1 Å². The van der Waals surface area contributed by atoms with Gasteiger partial charge in [-0.25, -0.2) is 4.79 Å². The van der Waals surface area contributed by atoms with Crippen LogP contribution in [0.4, 0.5) is 5.69 Å². The van der Waals surface area contributed by atoms with Crippen molar-refractivity contribution in [1.29, 1.82) is 0 Å². The molecule has 0 spiro atoms. The molecule has 1 heterocycles. The summed E-state index contributed by atoms with van der Waals surface area (Å²) in [5, 5.41) is 22.4. The highest BCUT2D eigenvalue weighted by atomic mass is 16.7. The van der Waals surface area contributed by atoms with Crippen molar-refractivity contribution in [2.75, 3.05) is 12.4 Å². The van der Waals surface area contributed by atoms with Gasteiger partial charge in [-0.15, -0.1) is 0 Å². The fourth-order valence-electron chi connectivity index (χ4n) is 3.06. The maximum atomic E-state index is 12.1. The van der Waals surface area contributed by atoms with E-state index in [4.69, 9.17) is 18.9 Å². The second-order valence-electron chi connectivity index (χ2n) is 6.87. The highest BCUT2D eigenvalue weighted by molar-refractivity contribution is 5.90. The lowest BCUT2D eigenvalue weighted by Crippen LogP contribution is -2.63. The number of methoxy groups -OCH3 is 1. The maximum Gasteiger partial charge on any atom is 0.338 e. The Morgan fingerprint density at radius 2 is 1.69 bits per heavy atom. The number of carbonyl (C=O) groups excluding carboxylic acids is 4. The SMILES string of the molecule is COC(=O)C1OC(Oc2ccc(CO)cc2NC(C)=O)C(OC(C)=O)C(OC(C)=O)C1O. The fourth-order valence-corrected chi connectivity index (χ4v) is 3.06. The van der Waals surface area contributed by atoms with Gasteiger partial charge in [0.2, 0.25) is 18.3 Å². The van der Waals surface area contributed by atoms with Crippen LogP contribution in [-0.4, -0.2) is 71.8 Å². The smallest absolute Gasteiger partial charge is 0.338 e. The van der Waals surface area contributed by atoms with E-state index in [0.717, 1.165) is 21.0 Å². The molecule has 12 heteroatoms. The zero-order chi connectivity index (χ0) is 24.0. The number of aliphatic hydroxyl groups excluding tert-OH is 2. The van der Waals surface area contributed by atoms with E-state index in [1.807, 2.05) is 0 Å². The lowest BCUT2D eigenvalue weighted by Gasteiger charge is -2.42. The minimum absolute atomic E-state index is 0.0288. The van der Waals surface area contributed by atoms with Gasteiger partial charge in [-0.2, -0.15) is 0 Å². The molecule has 0 radical (unpaired) electrons. The molecule has 1 fully saturated rings. The van der Waals surface area contributed by atoms with E-state index in [1.165, 1.54) is 25.1 Å². The molecule has 0 aliphatic carbocycles. The quantitative estimate of drug-likeness (QED) is 0.363. The maximum absolute atomic E-state index is 12.1. The Bertz CT molecular complexity index is 871. The topological polar surface area (TPSA) is 167 Å². The first-order chi connectivity index (χ1) is 15.1. The summed E-state index contributed by atoms with van der Waals surface area (Å²) in [6.45, 7) is 3.10. The number of hydrogen-bond donors (Lipinski definition) is 3. The van der Waals surface area contributed by atoms with Gasteiger partial charge in [-0.3, -0.25) is 14.4 Å². The third-order valence-corrected chi connectivity index (χ3v) is 4.34. The normalized spacial score (nSPS) is 24.8. The Hall–Kier alpha value is -3.22. The van der Waals surface area contributed by atoms with Crippen molar-refractivity contribution in [2.45, 2.75) is 58.1 Å². The van der Waals surface area contributed by atoms with Crippen LogP contribution in [0.5, 0.6) is 5.75 Å². The van der Waals surface area contributed by atoms with E-state index >= 15 is 0 Å². The van der Waals surface area contributed by atoms with E-state index in [9.17, 15) is 29.4 Å². The average Bonchev–Trinajstić information content (AvgIpc) is 2.72. The molecule has 1 aromatic carbocycles. The van der Waals surface area contributed by atoms with Crippen molar-refractivity contribution in [3.05, 3.63) is 23.8 Å². The Balaban J connectivity index is 2.48. The second-order valence-corrected chi connectivity index (χ2v) is 6.87. The van der Waals surface area contributed by atoms with Gasteiger partial charge in [0.1, 0.15) is 11.9 Å². The summed E-state index contributed by atoms with van der Waals surface area (Å²) in [5.41, 5.74) is 0.613. The molecule has 5 atom stereocenters. The Morgan fingerprint density at radius 3 is 2.22 bits per heavy atom. The van der Waals surface area contributed by atoms with Crippen molar-refractivity contribution >= 4 is 29.5 Å². The summed E-state index contributed by atoms with van der Waals surface area (Å²) in [5.74, 6) is -3.01. The summed E-state index contributed by atoms with van der Waals surface area (Å²) in [6, 6.07) is 4.35. The molecule has 1 saturated heterocycles. The van der Waals surface area contributed by atoms with Crippen LogP contribution >= 0.6 is 0 Å². The number of hydrogen-bond acceptors (Lipinski definition) is 11. The summed E-state index contributed by atoms with van der Waals surface area (Å²) >= 11 is 0. The minimum atomic E-state index is -1.73. The molecule has 176 valence electrons. The molecule has 32 heavy (non-hydrogen) atoms. The summed E-state index contributed by atoms with van der Waals surface area (Å²) in [4.78, 5) is 47.0. The number of nitrogens with one attached hydrogen (secondary N) is 1. The van der Waals surface area contributed by atoms with E-state index in [1.54, 1.807) is 0 Å². The molecule has 0 aromatic heterocycles. The molecule has 5 unspecified atom stereocenters. The predicted octanol–water partition coefficient (Wildman–Crippen LogP) is -0.362. The Morgan fingerprint density at radius 1 is 1.06 bits per heavy atom. The largest absolute Gasteiger partial charge is 0.467 e. The summed E-state index contributed by atoms with van der Waals surface area (Å²) in [7, 11) is 1.07. The van der Waals surface area contributed by atoms with E-state index in [-0.39, 0.29) is 18.0 Å². The van der Waals surface area contributed by atoms with Crippen LogP contribution < -0.4 is 10.1 Å². The van der Waals surface area contributed by atoms with Crippen LogP contribution in [0.25, 0.3) is 0 Å². The summed E-state index contributed by atoms with van der Waals surface area (Å²) < 4.78 is 26.2. The van der Waals surface area contributed by atoms with E-state index < -0.39 is 54.5 Å². The van der Waals surface area contributed by atoms with E-state index in [0.29, 0.717) is 5.56 Å². The molecule has 2 rings (SSSR count). The predicted molar refractivity (Wildman–Crippen MR) is 105 cm³/mol. The fraction of sp³-hybridized carbons (Fsp3) is 0.500. The van der Waals surface area contributed by atoms with Gasteiger partial charge < -0.3 is 39.2 Å². The number of carbonyl (C=O) groups is 4. The van der Waals surface area contributed by atoms with Gasteiger partial charge in [-0.1, -0.05) is 6.07 Å². The zero-order valence-electron chi connectivity index (χ0n) is 17.9. The second kappa shape index (κ2) is 10.9. The van der Waals surface area contributed by atoms with Crippen LogP contribution in [0.15, 0.2) is 18.2 Å². The number of amides is 1. The molecule has 0 bridgehead atoms. The van der Waals surface area contributed by atoms with Gasteiger partial charge in [-0.05, 0) is 17.7 Å². The number of esters is 3. The average molecular weight is 455 g/mol. The molecule has 0 saturated carbocycles. The number of aliphatic hydroxyl groups is 2. The van der Waals surface area contributed by atoms with Crippen molar-refractivity contribution in [3.8, 4) is 5.75 Å². The number of rotatable bonds is 7. The van der Waals surface area contributed by atoms with Gasteiger partial charge in [0.15, 0.2) is 12.2 Å². The third-order valence-electron chi connectivity index (χ3n) is 4.34. The van der Waals surface area contributed by atoms with Crippen LogP contribution in [0.1, 0.15) is 26.3 Å². The first kappa shape index (κ1) is 25.0.